The molecule has 0 radical (unpaired) electrons. The van der Waals surface area contributed by atoms with Crippen molar-refractivity contribution in [2.24, 2.45) is 0 Å². The first-order valence-electron chi connectivity index (χ1n) is 8.42. The Morgan fingerprint density at radius 3 is 2.88 bits per heavy atom. The van der Waals surface area contributed by atoms with Crippen LogP contribution in [0.15, 0.2) is 24.3 Å². The van der Waals surface area contributed by atoms with Gasteiger partial charge in [-0.2, -0.15) is 0 Å². The largest absolute Gasteiger partial charge is 0.329 e. The molecule has 0 aliphatic carbocycles. The first kappa shape index (κ1) is 18.1. The van der Waals surface area contributed by atoms with Crippen molar-refractivity contribution in [3.8, 4) is 0 Å². The molecule has 0 atom stereocenters. The number of aryl methyl sites for hydroxylation is 2. The number of urea groups is 1. The van der Waals surface area contributed by atoms with Crippen molar-refractivity contribution >= 4 is 34.9 Å². The normalized spacial score (nSPS) is 13.8. The molecule has 26 heavy (non-hydrogen) atoms. The topological polar surface area (TPSA) is 91.4 Å². The van der Waals surface area contributed by atoms with E-state index in [1.807, 2.05) is 13.0 Å². The number of rotatable bonds is 6. The fraction of sp³-hybridized carbons (Fsp3) is 0.333. The van der Waals surface area contributed by atoms with Crippen LogP contribution in [0.1, 0.15) is 39.3 Å². The third kappa shape index (κ3) is 3.91. The summed E-state index contributed by atoms with van der Waals surface area (Å²) in [5, 5.41) is 6.32. The van der Waals surface area contributed by atoms with Crippen LogP contribution in [-0.2, 0) is 17.8 Å². The Balaban J connectivity index is 1.71. The average Bonchev–Trinajstić information content (AvgIpc) is 3.12. The van der Waals surface area contributed by atoms with E-state index in [0.717, 1.165) is 34.0 Å². The second kappa shape index (κ2) is 7.65. The van der Waals surface area contributed by atoms with Gasteiger partial charge in [-0.1, -0.05) is 19.1 Å². The van der Waals surface area contributed by atoms with Gasteiger partial charge in [0.25, 0.3) is 5.91 Å². The molecule has 0 bridgehead atoms. The summed E-state index contributed by atoms with van der Waals surface area (Å²) >= 11 is 1.41. The van der Waals surface area contributed by atoms with Crippen molar-refractivity contribution in [1.29, 1.82) is 0 Å². The maximum Gasteiger partial charge on any atom is 0.324 e. The molecule has 1 aliphatic rings. The van der Waals surface area contributed by atoms with E-state index in [1.54, 1.807) is 18.2 Å². The first-order valence-corrected chi connectivity index (χ1v) is 9.24. The number of nitrogens with one attached hydrogen (secondary N) is 2. The number of benzene rings is 1. The Labute approximate surface area is 155 Å². The summed E-state index contributed by atoms with van der Waals surface area (Å²) in [6, 6.07) is 6.74. The zero-order valence-electron chi connectivity index (χ0n) is 14.7. The van der Waals surface area contributed by atoms with Gasteiger partial charge < -0.3 is 10.6 Å². The van der Waals surface area contributed by atoms with Crippen LogP contribution in [0.3, 0.4) is 0 Å². The van der Waals surface area contributed by atoms with E-state index < -0.39 is 6.03 Å². The summed E-state index contributed by atoms with van der Waals surface area (Å²) in [5.41, 5.74) is 2.11. The van der Waals surface area contributed by atoms with Gasteiger partial charge in [0, 0.05) is 5.69 Å². The fourth-order valence-corrected chi connectivity index (χ4v) is 3.78. The highest BCUT2D eigenvalue weighted by Gasteiger charge is 2.28. The average molecular weight is 372 g/mol. The van der Waals surface area contributed by atoms with Gasteiger partial charge in [0.05, 0.1) is 23.8 Å². The third-order valence-electron chi connectivity index (χ3n) is 3.97. The summed E-state index contributed by atoms with van der Waals surface area (Å²) in [6.07, 6.45) is 1.85. The van der Waals surface area contributed by atoms with Crippen molar-refractivity contribution in [2.75, 3.05) is 11.9 Å². The van der Waals surface area contributed by atoms with Gasteiger partial charge in [-0.25, -0.2) is 9.78 Å². The van der Waals surface area contributed by atoms with E-state index in [4.69, 9.17) is 0 Å². The van der Waals surface area contributed by atoms with Gasteiger partial charge in [-0.15, -0.1) is 11.3 Å². The molecule has 2 N–H and O–H groups in total. The van der Waals surface area contributed by atoms with Crippen molar-refractivity contribution in [2.45, 2.75) is 33.2 Å². The van der Waals surface area contributed by atoms with Crippen LogP contribution in [0.2, 0.25) is 0 Å². The number of amides is 4. The van der Waals surface area contributed by atoms with Crippen LogP contribution >= 0.6 is 11.3 Å². The number of imide groups is 1. The predicted molar refractivity (Wildman–Crippen MR) is 99.2 cm³/mol. The van der Waals surface area contributed by atoms with Crippen molar-refractivity contribution in [3.05, 3.63) is 45.4 Å². The van der Waals surface area contributed by atoms with Crippen LogP contribution in [0.25, 0.3) is 0 Å². The molecule has 0 spiro atoms. The van der Waals surface area contributed by atoms with E-state index in [0.29, 0.717) is 10.6 Å². The SMILES string of the molecule is CCCc1nc(C)c(C(=O)Nc2cccc(CN3C(=O)CNC3=O)c2)s1. The van der Waals surface area contributed by atoms with Gasteiger partial charge >= 0.3 is 6.03 Å². The first-order chi connectivity index (χ1) is 12.5. The molecule has 1 aromatic heterocycles. The highest BCUT2D eigenvalue weighted by Crippen LogP contribution is 2.21. The summed E-state index contributed by atoms with van der Waals surface area (Å²) in [5.74, 6) is -0.456. The number of thiazole rings is 1. The van der Waals surface area contributed by atoms with Crippen LogP contribution < -0.4 is 10.6 Å². The number of hydrogen-bond donors (Lipinski definition) is 2. The lowest BCUT2D eigenvalue weighted by molar-refractivity contribution is -0.125. The van der Waals surface area contributed by atoms with Gasteiger partial charge in [0.15, 0.2) is 0 Å². The molecule has 3 rings (SSSR count). The molecule has 0 saturated carbocycles. The lowest BCUT2D eigenvalue weighted by Gasteiger charge is -2.13. The lowest BCUT2D eigenvalue weighted by atomic mass is 10.2. The molecule has 4 amide bonds. The van der Waals surface area contributed by atoms with Crippen LogP contribution in [-0.4, -0.2) is 34.3 Å². The number of carbonyl (C=O) groups excluding carboxylic acids is 3. The molecular formula is C18H20N4O3S. The van der Waals surface area contributed by atoms with Crippen LogP contribution in [0.5, 0.6) is 0 Å². The molecule has 2 heterocycles. The molecule has 2 aromatic rings. The van der Waals surface area contributed by atoms with E-state index in [-0.39, 0.29) is 24.9 Å². The highest BCUT2D eigenvalue weighted by atomic mass is 32.1. The number of aromatic nitrogens is 1. The van der Waals surface area contributed by atoms with Crippen LogP contribution in [0, 0.1) is 6.92 Å². The molecule has 136 valence electrons. The lowest BCUT2D eigenvalue weighted by Crippen LogP contribution is -2.30. The fourth-order valence-electron chi connectivity index (χ4n) is 2.72. The van der Waals surface area contributed by atoms with E-state index in [9.17, 15) is 14.4 Å². The smallest absolute Gasteiger partial charge is 0.324 e. The number of nitrogens with zero attached hydrogens (tertiary/aromatic N) is 2. The Bertz CT molecular complexity index is 846. The summed E-state index contributed by atoms with van der Waals surface area (Å²) < 4.78 is 0. The number of anilines is 1. The Kier molecular flexibility index (Phi) is 5.32. The Morgan fingerprint density at radius 2 is 2.19 bits per heavy atom. The minimum atomic E-state index is -0.395. The molecule has 1 aliphatic heterocycles. The van der Waals surface area contributed by atoms with Crippen molar-refractivity contribution in [1.82, 2.24) is 15.2 Å². The minimum Gasteiger partial charge on any atom is -0.329 e. The third-order valence-corrected chi connectivity index (χ3v) is 5.19. The monoisotopic (exact) mass is 372 g/mol. The second-order valence-electron chi connectivity index (χ2n) is 6.07. The maximum absolute atomic E-state index is 12.5. The van der Waals surface area contributed by atoms with E-state index in [1.165, 1.54) is 11.3 Å². The van der Waals surface area contributed by atoms with Gasteiger partial charge in [-0.05, 0) is 37.5 Å². The van der Waals surface area contributed by atoms with E-state index >= 15 is 0 Å². The summed E-state index contributed by atoms with van der Waals surface area (Å²) in [4.78, 5) is 42.1. The minimum absolute atomic E-state index is 0.0278. The molecule has 8 heteroatoms. The molecular weight excluding hydrogens is 352 g/mol. The predicted octanol–water partition coefficient (Wildman–Crippen LogP) is 2.71. The van der Waals surface area contributed by atoms with Gasteiger partial charge in [0.1, 0.15) is 4.88 Å². The van der Waals surface area contributed by atoms with Gasteiger partial charge in [-0.3, -0.25) is 14.5 Å². The molecule has 7 nitrogen and oxygen atoms in total. The zero-order chi connectivity index (χ0) is 18.7. The summed E-state index contributed by atoms with van der Waals surface area (Å²) in [7, 11) is 0. The Hall–Kier alpha value is -2.74. The highest BCUT2D eigenvalue weighted by molar-refractivity contribution is 7.13. The molecule has 1 saturated heterocycles. The van der Waals surface area contributed by atoms with Crippen molar-refractivity contribution < 1.29 is 14.4 Å². The standard InChI is InChI=1S/C18H20N4O3S/c1-3-5-14-20-11(2)16(26-14)17(24)21-13-7-4-6-12(8-13)10-22-15(23)9-19-18(22)25/h4,6-8H,3,5,9-10H2,1-2H3,(H,19,25)(H,21,24). The summed E-state index contributed by atoms with van der Waals surface area (Å²) in [6.45, 7) is 4.11. The molecule has 1 fully saturated rings. The number of carbonyl (C=O) groups is 3. The number of hydrogen-bond acceptors (Lipinski definition) is 5. The Morgan fingerprint density at radius 1 is 1.38 bits per heavy atom. The second-order valence-corrected chi connectivity index (χ2v) is 7.15. The maximum atomic E-state index is 12.5. The zero-order valence-corrected chi connectivity index (χ0v) is 15.5. The van der Waals surface area contributed by atoms with Crippen LogP contribution in [0.4, 0.5) is 10.5 Å². The molecule has 1 aromatic carbocycles. The van der Waals surface area contributed by atoms with Gasteiger partial charge in [0.2, 0.25) is 5.91 Å². The van der Waals surface area contributed by atoms with Crippen molar-refractivity contribution in [3.63, 3.8) is 0 Å². The molecule has 0 unspecified atom stereocenters. The van der Waals surface area contributed by atoms with E-state index in [2.05, 4.69) is 22.5 Å². The quantitative estimate of drug-likeness (QED) is 0.763.